The first kappa shape index (κ1) is 12.0. The van der Waals surface area contributed by atoms with E-state index in [2.05, 4.69) is 4.98 Å². The first-order valence-corrected chi connectivity index (χ1v) is 4.65. The molecular formula is C9H14F3N3. The molecule has 15 heavy (non-hydrogen) atoms. The van der Waals surface area contributed by atoms with Crippen LogP contribution in [0.3, 0.4) is 0 Å². The first-order chi connectivity index (χ1) is 6.81. The van der Waals surface area contributed by atoms with Crippen LogP contribution in [0.25, 0.3) is 0 Å². The SMILES string of the molecule is CC(N)c1cncn1C(C)CC(F)(F)F. The van der Waals surface area contributed by atoms with Crippen molar-refractivity contribution < 1.29 is 13.2 Å². The molecule has 0 radical (unpaired) electrons. The van der Waals surface area contributed by atoms with E-state index in [9.17, 15) is 13.2 Å². The van der Waals surface area contributed by atoms with E-state index in [1.807, 2.05) is 0 Å². The minimum absolute atomic E-state index is 0.316. The van der Waals surface area contributed by atoms with Crippen LogP contribution in [0.15, 0.2) is 12.5 Å². The van der Waals surface area contributed by atoms with Crippen LogP contribution < -0.4 is 5.73 Å². The number of rotatable bonds is 3. The van der Waals surface area contributed by atoms with E-state index in [-0.39, 0.29) is 6.04 Å². The van der Waals surface area contributed by atoms with Crippen molar-refractivity contribution in [2.75, 3.05) is 0 Å². The highest BCUT2D eigenvalue weighted by Crippen LogP contribution is 2.28. The Morgan fingerprint density at radius 1 is 1.47 bits per heavy atom. The normalized spacial score (nSPS) is 16.4. The van der Waals surface area contributed by atoms with Crippen LogP contribution in [0.1, 0.15) is 38.0 Å². The van der Waals surface area contributed by atoms with Gasteiger partial charge in [0.05, 0.1) is 18.4 Å². The van der Waals surface area contributed by atoms with E-state index in [0.29, 0.717) is 5.69 Å². The second-order valence-electron chi connectivity index (χ2n) is 3.68. The van der Waals surface area contributed by atoms with E-state index >= 15 is 0 Å². The predicted molar refractivity (Wildman–Crippen MR) is 50.2 cm³/mol. The zero-order valence-corrected chi connectivity index (χ0v) is 8.62. The summed E-state index contributed by atoms with van der Waals surface area (Å²) in [5, 5.41) is 0. The number of aromatic nitrogens is 2. The smallest absolute Gasteiger partial charge is 0.330 e. The molecule has 0 amide bonds. The summed E-state index contributed by atoms with van der Waals surface area (Å²) in [5.74, 6) is 0. The Labute approximate surface area is 86.1 Å². The molecule has 1 aromatic heterocycles. The molecule has 0 fully saturated rings. The van der Waals surface area contributed by atoms with Gasteiger partial charge in [0.15, 0.2) is 0 Å². The molecule has 0 saturated heterocycles. The maximum Gasteiger partial charge on any atom is 0.391 e. The molecule has 0 saturated carbocycles. The lowest BCUT2D eigenvalue weighted by Gasteiger charge is -2.19. The Bertz CT molecular complexity index is 317. The van der Waals surface area contributed by atoms with Gasteiger partial charge in [0, 0.05) is 18.3 Å². The van der Waals surface area contributed by atoms with Gasteiger partial charge in [-0.3, -0.25) is 0 Å². The molecule has 0 spiro atoms. The predicted octanol–water partition coefficient (Wildman–Crippen LogP) is 2.42. The Balaban J connectivity index is 2.82. The van der Waals surface area contributed by atoms with Gasteiger partial charge in [0.2, 0.25) is 0 Å². The molecule has 0 aliphatic rings. The van der Waals surface area contributed by atoms with Crippen molar-refractivity contribution in [1.82, 2.24) is 9.55 Å². The van der Waals surface area contributed by atoms with Gasteiger partial charge >= 0.3 is 6.18 Å². The standard InChI is InChI=1S/C9H14F3N3/c1-6(3-9(10,11)12)15-5-14-4-8(15)7(2)13/h4-7H,3,13H2,1-2H3. The molecule has 86 valence electrons. The van der Waals surface area contributed by atoms with E-state index < -0.39 is 18.6 Å². The van der Waals surface area contributed by atoms with Crippen LogP contribution in [0.2, 0.25) is 0 Å². The Morgan fingerprint density at radius 2 is 2.07 bits per heavy atom. The lowest BCUT2D eigenvalue weighted by Crippen LogP contribution is -2.20. The molecule has 1 aromatic rings. The van der Waals surface area contributed by atoms with Gasteiger partial charge in [-0.05, 0) is 13.8 Å². The molecule has 0 bridgehead atoms. The van der Waals surface area contributed by atoms with E-state index in [1.165, 1.54) is 24.0 Å². The maximum atomic E-state index is 12.2. The number of nitrogens with zero attached hydrogens (tertiary/aromatic N) is 2. The van der Waals surface area contributed by atoms with Crippen LogP contribution in [-0.2, 0) is 0 Å². The van der Waals surface area contributed by atoms with E-state index in [4.69, 9.17) is 5.73 Å². The van der Waals surface area contributed by atoms with Gasteiger partial charge in [-0.25, -0.2) is 4.98 Å². The molecular weight excluding hydrogens is 207 g/mol. The average molecular weight is 221 g/mol. The third-order valence-electron chi connectivity index (χ3n) is 2.16. The number of nitrogens with two attached hydrogens (primary N) is 1. The summed E-state index contributed by atoms with van der Waals surface area (Å²) < 4.78 is 38.0. The quantitative estimate of drug-likeness (QED) is 0.851. The fourth-order valence-corrected chi connectivity index (χ4v) is 1.47. The lowest BCUT2D eigenvalue weighted by molar-refractivity contribution is -0.141. The second kappa shape index (κ2) is 4.22. The van der Waals surface area contributed by atoms with Crippen molar-refractivity contribution in [2.45, 2.75) is 38.5 Å². The first-order valence-electron chi connectivity index (χ1n) is 4.65. The van der Waals surface area contributed by atoms with Crippen molar-refractivity contribution >= 4 is 0 Å². The molecule has 6 heteroatoms. The third-order valence-corrected chi connectivity index (χ3v) is 2.16. The van der Waals surface area contributed by atoms with Crippen molar-refractivity contribution in [3.8, 4) is 0 Å². The fraction of sp³-hybridized carbons (Fsp3) is 0.667. The number of imidazole rings is 1. The summed E-state index contributed by atoms with van der Waals surface area (Å²) in [6.45, 7) is 3.22. The summed E-state index contributed by atoms with van der Waals surface area (Å²) in [4.78, 5) is 3.81. The van der Waals surface area contributed by atoms with Gasteiger partial charge < -0.3 is 10.3 Å². The second-order valence-corrected chi connectivity index (χ2v) is 3.68. The van der Waals surface area contributed by atoms with Gasteiger partial charge in [-0.15, -0.1) is 0 Å². The number of hydrogen-bond acceptors (Lipinski definition) is 2. The van der Waals surface area contributed by atoms with Crippen molar-refractivity contribution in [3.63, 3.8) is 0 Å². The largest absolute Gasteiger partial charge is 0.391 e. The van der Waals surface area contributed by atoms with Crippen molar-refractivity contribution in [1.29, 1.82) is 0 Å². The minimum atomic E-state index is -4.17. The van der Waals surface area contributed by atoms with Crippen LogP contribution in [0.5, 0.6) is 0 Å². The molecule has 1 rings (SSSR count). The zero-order chi connectivity index (χ0) is 11.6. The fourth-order valence-electron chi connectivity index (χ4n) is 1.47. The molecule has 0 aliphatic carbocycles. The van der Waals surface area contributed by atoms with Gasteiger partial charge in [0.1, 0.15) is 0 Å². The lowest BCUT2D eigenvalue weighted by atomic mass is 10.2. The summed E-state index contributed by atoms with van der Waals surface area (Å²) in [6, 6.07) is -0.989. The van der Waals surface area contributed by atoms with E-state index in [1.54, 1.807) is 6.92 Å². The summed E-state index contributed by atoms with van der Waals surface area (Å²) in [6.07, 6.45) is -2.16. The number of hydrogen-bond donors (Lipinski definition) is 1. The molecule has 0 aromatic carbocycles. The van der Waals surface area contributed by atoms with Crippen LogP contribution in [0.4, 0.5) is 13.2 Å². The highest BCUT2D eigenvalue weighted by atomic mass is 19.4. The van der Waals surface area contributed by atoms with Crippen molar-refractivity contribution in [2.24, 2.45) is 5.73 Å². The average Bonchev–Trinajstić information content (AvgIpc) is 2.47. The zero-order valence-electron chi connectivity index (χ0n) is 8.62. The van der Waals surface area contributed by atoms with Crippen LogP contribution in [-0.4, -0.2) is 15.7 Å². The molecule has 1 heterocycles. The van der Waals surface area contributed by atoms with E-state index in [0.717, 1.165) is 0 Å². The Morgan fingerprint density at radius 3 is 2.53 bits per heavy atom. The van der Waals surface area contributed by atoms with Gasteiger partial charge in [0.25, 0.3) is 0 Å². The monoisotopic (exact) mass is 221 g/mol. The van der Waals surface area contributed by atoms with Gasteiger partial charge in [-0.1, -0.05) is 0 Å². The molecule has 0 aliphatic heterocycles. The number of alkyl halides is 3. The molecule has 2 unspecified atom stereocenters. The van der Waals surface area contributed by atoms with Gasteiger partial charge in [-0.2, -0.15) is 13.2 Å². The highest BCUT2D eigenvalue weighted by molar-refractivity contribution is 5.04. The maximum absolute atomic E-state index is 12.2. The third kappa shape index (κ3) is 3.23. The molecule has 2 atom stereocenters. The summed E-state index contributed by atoms with van der Waals surface area (Å²) in [7, 11) is 0. The van der Waals surface area contributed by atoms with Crippen LogP contribution >= 0.6 is 0 Å². The molecule has 2 N–H and O–H groups in total. The summed E-state index contributed by atoms with van der Waals surface area (Å²) in [5.41, 5.74) is 6.24. The summed E-state index contributed by atoms with van der Waals surface area (Å²) >= 11 is 0. The Kier molecular flexibility index (Phi) is 3.38. The van der Waals surface area contributed by atoms with Crippen molar-refractivity contribution in [3.05, 3.63) is 18.2 Å². The number of halogens is 3. The molecule has 3 nitrogen and oxygen atoms in total. The van der Waals surface area contributed by atoms with Crippen LogP contribution in [0, 0.1) is 0 Å². The minimum Gasteiger partial charge on any atom is -0.330 e. The highest BCUT2D eigenvalue weighted by Gasteiger charge is 2.31. The topological polar surface area (TPSA) is 43.8 Å². The Hall–Kier alpha value is -1.04.